The van der Waals surface area contributed by atoms with Crippen LogP contribution in [-0.4, -0.2) is 18.3 Å². The number of phenols is 1. The third-order valence-electron chi connectivity index (χ3n) is 2.21. The first-order chi connectivity index (χ1) is 7.63. The summed E-state index contributed by atoms with van der Waals surface area (Å²) in [7, 11) is 1.54. The molecule has 16 heavy (non-hydrogen) atoms. The lowest BCUT2D eigenvalue weighted by atomic mass is 10.2. The lowest BCUT2D eigenvalue weighted by Crippen LogP contribution is -2.06. The highest BCUT2D eigenvalue weighted by Crippen LogP contribution is 2.41. The number of ether oxygens (including phenoxy) is 2. The van der Waals surface area contributed by atoms with E-state index in [2.05, 4.69) is 0 Å². The maximum absolute atomic E-state index is 9.78. The Hall–Kier alpha value is -1.84. The van der Waals surface area contributed by atoms with Crippen LogP contribution in [0.4, 0.5) is 0 Å². The Labute approximate surface area is 93.4 Å². The first-order valence-corrected chi connectivity index (χ1v) is 5.07. The van der Waals surface area contributed by atoms with Crippen molar-refractivity contribution in [3.8, 4) is 17.2 Å². The smallest absolute Gasteiger partial charge is 0.204 e. The number of phenolic OH excluding ortho intramolecular Hbond substituents is 1. The van der Waals surface area contributed by atoms with Crippen molar-refractivity contribution in [1.29, 1.82) is 0 Å². The molecular weight excluding hydrogens is 208 g/mol. The molecule has 0 saturated heterocycles. The van der Waals surface area contributed by atoms with Gasteiger partial charge in [-0.1, -0.05) is 0 Å². The molecule has 0 aliphatic heterocycles. The quantitative estimate of drug-likeness (QED) is 0.867. The number of hydrogen-bond acceptors (Lipinski definition) is 4. The molecular formula is C12H14O4. The maximum Gasteiger partial charge on any atom is 0.204 e. The molecule has 0 unspecified atom stereocenters. The van der Waals surface area contributed by atoms with E-state index >= 15 is 0 Å². The van der Waals surface area contributed by atoms with Crippen LogP contribution in [0.5, 0.6) is 17.2 Å². The van der Waals surface area contributed by atoms with Crippen LogP contribution in [0, 0.1) is 0 Å². The monoisotopic (exact) mass is 222 g/mol. The molecule has 1 N–H and O–H groups in total. The summed E-state index contributed by atoms with van der Waals surface area (Å²) >= 11 is 0. The van der Waals surface area contributed by atoms with Crippen LogP contribution in [-0.2, 0) is 0 Å². The number of hydrogen-bond donors (Lipinski definition) is 1. The van der Waals surface area contributed by atoms with Gasteiger partial charge in [-0.25, -0.2) is 0 Å². The fraction of sp³-hybridized carbons (Fsp3) is 0.333. The van der Waals surface area contributed by atoms with Gasteiger partial charge in [0.05, 0.1) is 24.9 Å². The zero-order valence-corrected chi connectivity index (χ0v) is 9.48. The van der Waals surface area contributed by atoms with E-state index < -0.39 is 0 Å². The summed E-state index contributed by atoms with van der Waals surface area (Å²) in [6.07, 6.45) is 1.51. The third-order valence-corrected chi connectivity index (χ3v) is 2.21. The van der Waals surface area contributed by atoms with Crippen LogP contribution in [0.15, 0.2) is 22.8 Å². The van der Waals surface area contributed by atoms with Gasteiger partial charge < -0.3 is 19.0 Å². The summed E-state index contributed by atoms with van der Waals surface area (Å²) in [6, 6.07) is 3.23. The van der Waals surface area contributed by atoms with Gasteiger partial charge in [-0.3, -0.25) is 0 Å². The van der Waals surface area contributed by atoms with Crippen molar-refractivity contribution >= 4 is 11.0 Å². The van der Waals surface area contributed by atoms with Crippen LogP contribution in [0.25, 0.3) is 11.0 Å². The molecule has 0 aliphatic carbocycles. The van der Waals surface area contributed by atoms with E-state index in [0.717, 1.165) is 0 Å². The Morgan fingerprint density at radius 3 is 2.75 bits per heavy atom. The molecule has 0 radical (unpaired) electrons. The molecule has 0 atom stereocenters. The summed E-state index contributed by atoms with van der Waals surface area (Å²) in [5, 5.41) is 10.4. The minimum Gasteiger partial charge on any atom is -0.507 e. The molecule has 0 bridgehead atoms. The highest BCUT2D eigenvalue weighted by Gasteiger charge is 2.17. The van der Waals surface area contributed by atoms with E-state index in [1.165, 1.54) is 12.3 Å². The zero-order chi connectivity index (χ0) is 11.7. The van der Waals surface area contributed by atoms with Gasteiger partial charge in [0.1, 0.15) is 5.75 Å². The number of furan rings is 1. The average molecular weight is 222 g/mol. The van der Waals surface area contributed by atoms with Crippen molar-refractivity contribution in [2.24, 2.45) is 0 Å². The van der Waals surface area contributed by atoms with Crippen LogP contribution >= 0.6 is 0 Å². The predicted molar refractivity (Wildman–Crippen MR) is 60.2 cm³/mol. The molecule has 1 heterocycles. The number of rotatable bonds is 3. The van der Waals surface area contributed by atoms with E-state index in [-0.39, 0.29) is 11.9 Å². The van der Waals surface area contributed by atoms with Crippen molar-refractivity contribution in [3.63, 3.8) is 0 Å². The van der Waals surface area contributed by atoms with Crippen molar-refractivity contribution in [2.75, 3.05) is 7.11 Å². The van der Waals surface area contributed by atoms with Gasteiger partial charge in [-0.15, -0.1) is 0 Å². The topological polar surface area (TPSA) is 51.8 Å². The Bertz CT molecular complexity index is 499. The maximum atomic E-state index is 9.78. The van der Waals surface area contributed by atoms with Gasteiger partial charge >= 0.3 is 0 Å². The molecule has 1 aromatic carbocycles. The standard InChI is InChI=1S/C12H14O4/c1-7(2)16-10-6-9(13)8-4-5-15-11(8)12(10)14-3/h4-7,13H,1-3H3. The van der Waals surface area contributed by atoms with Gasteiger partial charge in [0.2, 0.25) is 5.75 Å². The number of fused-ring (bicyclic) bond motifs is 1. The Morgan fingerprint density at radius 1 is 1.38 bits per heavy atom. The number of aromatic hydroxyl groups is 1. The van der Waals surface area contributed by atoms with E-state index in [1.807, 2.05) is 13.8 Å². The molecule has 2 rings (SSSR count). The first kappa shape index (κ1) is 10.7. The predicted octanol–water partition coefficient (Wildman–Crippen LogP) is 2.93. The minimum atomic E-state index is 0.000659. The summed E-state index contributed by atoms with van der Waals surface area (Å²) in [5.74, 6) is 1.11. The van der Waals surface area contributed by atoms with E-state index in [4.69, 9.17) is 13.9 Å². The molecule has 4 nitrogen and oxygen atoms in total. The molecule has 0 spiro atoms. The van der Waals surface area contributed by atoms with Crippen LogP contribution in [0.1, 0.15) is 13.8 Å². The lowest BCUT2D eigenvalue weighted by molar-refractivity contribution is 0.229. The number of benzene rings is 1. The van der Waals surface area contributed by atoms with Crippen molar-refractivity contribution in [3.05, 3.63) is 18.4 Å². The second-order valence-corrected chi connectivity index (χ2v) is 3.76. The minimum absolute atomic E-state index is 0.000659. The zero-order valence-electron chi connectivity index (χ0n) is 9.48. The van der Waals surface area contributed by atoms with E-state index in [1.54, 1.807) is 13.2 Å². The third kappa shape index (κ3) is 1.66. The van der Waals surface area contributed by atoms with Gasteiger partial charge in [-0.05, 0) is 19.9 Å². The van der Waals surface area contributed by atoms with Gasteiger partial charge in [0.25, 0.3) is 0 Å². The average Bonchev–Trinajstić information content (AvgIpc) is 2.66. The largest absolute Gasteiger partial charge is 0.507 e. The Balaban J connectivity index is 2.63. The Morgan fingerprint density at radius 2 is 2.12 bits per heavy atom. The first-order valence-electron chi connectivity index (χ1n) is 5.07. The summed E-state index contributed by atoms with van der Waals surface area (Å²) in [4.78, 5) is 0. The molecule has 86 valence electrons. The molecule has 1 aromatic heterocycles. The van der Waals surface area contributed by atoms with Gasteiger partial charge in [0, 0.05) is 6.07 Å². The second-order valence-electron chi connectivity index (χ2n) is 3.76. The molecule has 2 aromatic rings. The molecule has 0 fully saturated rings. The molecule has 0 amide bonds. The Kier molecular flexibility index (Phi) is 2.64. The molecule has 0 saturated carbocycles. The van der Waals surface area contributed by atoms with Crippen molar-refractivity contribution in [2.45, 2.75) is 20.0 Å². The SMILES string of the molecule is COc1c(OC(C)C)cc(O)c2ccoc12. The van der Waals surface area contributed by atoms with Crippen molar-refractivity contribution < 1.29 is 19.0 Å². The fourth-order valence-corrected chi connectivity index (χ4v) is 1.60. The highest BCUT2D eigenvalue weighted by molar-refractivity contribution is 5.91. The lowest BCUT2D eigenvalue weighted by Gasteiger charge is -2.14. The van der Waals surface area contributed by atoms with Gasteiger partial charge in [0.15, 0.2) is 11.3 Å². The van der Waals surface area contributed by atoms with E-state index in [0.29, 0.717) is 22.5 Å². The van der Waals surface area contributed by atoms with Crippen LogP contribution < -0.4 is 9.47 Å². The van der Waals surface area contributed by atoms with Crippen molar-refractivity contribution in [1.82, 2.24) is 0 Å². The fourth-order valence-electron chi connectivity index (χ4n) is 1.60. The molecule has 0 aliphatic rings. The van der Waals surface area contributed by atoms with E-state index in [9.17, 15) is 5.11 Å². The summed E-state index contributed by atoms with van der Waals surface area (Å²) < 4.78 is 16.1. The van der Waals surface area contributed by atoms with Crippen LogP contribution in [0.3, 0.4) is 0 Å². The second kappa shape index (κ2) is 3.96. The normalized spacial score (nSPS) is 11.0. The van der Waals surface area contributed by atoms with Gasteiger partial charge in [-0.2, -0.15) is 0 Å². The summed E-state index contributed by atoms with van der Waals surface area (Å²) in [5.41, 5.74) is 0.498. The highest BCUT2D eigenvalue weighted by atomic mass is 16.5. The summed E-state index contributed by atoms with van der Waals surface area (Å²) in [6.45, 7) is 3.81. The van der Waals surface area contributed by atoms with Crippen LogP contribution in [0.2, 0.25) is 0 Å². The molecule has 4 heteroatoms. The number of methoxy groups -OCH3 is 1.